The fraction of sp³-hybridized carbons (Fsp3) is 0.333. The first kappa shape index (κ1) is 14.1. The van der Waals surface area contributed by atoms with Crippen molar-refractivity contribution < 1.29 is 4.74 Å². The van der Waals surface area contributed by atoms with Gasteiger partial charge in [-0.25, -0.2) is 0 Å². The Balaban J connectivity index is 1.57. The Kier molecular flexibility index (Phi) is 4.87. The van der Waals surface area contributed by atoms with Gasteiger partial charge in [0.05, 0.1) is 0 Å². The second kappa shape index (κ2) is 7.25. The van der Waals surface area contributed by atoms with E-state index >= 15 is 0 Å². The van der Waals surface area contributed by atoms with Crippen molar-refractivity contribution in [1.29, 1.82) is 0 Å². The summed E-state index contributed by atoms with van der Waals surface area (Å²) in [6.45, 7) is 3.14. The molecule has 110 valence electrons. The van der Waals surface area contributed by atoms with E-state index in [1.165, 1.54) is 18.4 Å². The van der Waals surface area contributed by atoms with Crippen molar-refractivity contribution in [2.24, 2.45) is 0 Å². The highest BCUT2D eigenvalue weighted by molar-refractivity contribution is 5.33. The quantitative estimate of drug-likeness (QED) is 0.882. The molecule has 3 rings (SSSR count). The van der Waals surface area contributed by atoms with Crippen molar-refractivity contribution in [3.05, 3.63) is 60.2 Å². The zero-order valence-electron chi connectivity index (χ0n) is 12.2. The van der Waals surface area contributed by atoms with E-state index in [2.05, 4.69) is 28.8 Å². The van der Waals surface area contributed by atoms with Gasteiger partial charge >= 0.3 is 0 Å². The Morgan fingerprint density at radius 1 is 0.952 bits per heavy atom. The molecule has 0 unspecified atom stereocenters. The predicted octanol–water partition coefficient (Wildman–Crippen LogP) is 3.32. The van der Waals surface area contributed by atoms with Crippen molar-refractivity contribution in [3.63, 3.8) is 0 Å². The zero-order chi connectivity index (χ0) is 14.3. The average molecular weight is 282 g/mol. The Bertz CT molecular complexity index is 550. The van der Waals surface area contributed by atoms with Crippen LogP contribution in [0.3, 0.4) is 0 Å². The second-order valence-electron chi connectivity index (χ2n) is 5.47. The lowest BCUT2D eigenvalue weighted by Gasteiger charge is -2.23. The van der Waals surface area contributed by atoms with E-state index in [-0.39, 0.29) is 0 Å². The van der Waals surface area contributed by atoms with Gasteiger partial charge in [0.1, 0.15) is 11.5 Å². The largest absolute Gasteiger partial charge is 0.457 e. The van der Waals surface area contributed by atoms with Gasteiger partial charge < -0.3 is 15.4 Å². The minimum atomic E-state index is 0.630. The number of ether oxygens (including phenoxy) is 1. The van der Waals surface area contributed by atoms with Gasteiger partial charge in [-0.15, -0.1) is 0 Å². The van der Waals surface area contributed by atoms with Gasteiger partial charge in [-0.2, -0.15) is 0 Å². The Morgan fingerprint density at radius 2 is 1.71 bits per heavy atom. The van der Waals surface area contributed by atoms with Crippen LogP contribution in [0.15, 0.2) is 54.6 Å². The Labute approximate surface area is 126 Å². The van der Waals surface area contributed by atoms with Gasteiger partial charge in [0.25, 0.3) is 0 Å². The standard InChI is InChI=1S/C18H22N2O/c1-2-6-17(7-3-1)21-18-8-4-5-15(13-18)14-20-16-9-11-19-12-10-16/h1-8,13,16,19-20H,9-12,14H2. The summed E-state index contributed by atoms with van der Waals surface area (Å²) in [5.41, 5.74) is 1.27. The molecule has 1 saturated heterocycles. The van der Waals surface area contributed by atoms with E-state index in [1.807, 2.05) is 36.4 Å². The van der Waals surface area contributed by atoms with Crippen LogP contribution in [0.1, 0.15) is 18.4 Å². The molecule has 0 aliphatic carbocycles. The highest BCUT2D eigenvalue weighted by Crippen LogP contribution is 2.21. The average Bonchev–Trinajstić information content (AvgIpc) is 2.55. The summed E-state index contributed by atoms with van der Waals surface area (Å²) in [5.74, 6) is 1.77. The maximum absolute atomic E-state index is 5.87. The molecule has 0 saturated carbocycles. The molecular weight excluding hydrogens is 260 g/mol. The van der Waals surface area contributed by atoms with Crippen LogP contribution in [0.4, 0.5) is 0 Å². The summed E-state index contributed by atoms with van der Waals surface area (Å²) in [6, 6.07) is 18.8. The van der Waals surface area contributed by atoms with Crippen molar-refractivity contribution >= 4 is 0 Å². The number of piperidine rings is 1. The molecular formula is C18H22N2O. The molecule has 0 radical (unpaired) electrons. The first-order valence-corrected chi connectivity index (χ1v) is 7.66. The number of para-hydroxylation sites is 1. The number of hydrogen-bond acceptors (Lipinski definition) is 3. The highest BCUT2D eigenvalue weighted by Gasteiger charge is 2.11. The van der Waals surface area contributed by atoms with Crippen molar-refractivity contribution in [1.82, 2.24) is 10.6 Å². The van der Waals surface area contributed by atoms with Crippen LogP contribution < -0.4 is 15.4 Å². The monoisotopic (exact) mass is 282 g/mol. The molecule has 1 aliphatic heterocycles. The lowest BCUT2D eigenvalue weighted by atomic mass is 10.1. The van der Waals surface area contributed by atoms with Gasteiger partial charge in [0, 0.05) is 12.6 Å². The highest BCUT2D eigenvalue weighted by atomic mass is 16.5. The van der Waals surface area contributed by atoms with Crippen LogP contribution in [0.2, 0.25) is 0 Å². The molecule has 21 heavy (non-hydrogen) atoms. The molecule has 0 atom stereocenters. The maximum atomic E-state index is 5.87. The second-order valence-corrected chi connectivity index (χ2v) is 5.47. The van der Waals surface area contributed by atoms with E-state index in [4.69, 9.17) is 4.74 Å². The van der Waals surface area contributed by atoms with Crippen molar-refractivity contribution in [2.45, 2.75) is 25.4 Å². The maximum Gasteiger partial charge on any atom is 0.127 e. The van der Waals surface area contributed by atoms with Crippen LogP contribution in [-0.4, -0.2) is 19.1 Å². The fourth-order valence-electron chi connectivity index (χ4n) is 2.63. The topological polar surface area (TPSA) is 33.3 Å². The fourth-order valence-corrected chi connectivity index (χ4v) is 2.63. The van der Waals surface area contributed by atoms with Crippen LogP contribution >= 0.6 is 0 Å². The molecule has 0 aromatic heterocycles. The number of hydrogen-bond donors (Lipinski definition) is 2. The Morgan fingerprint density at radius 3 is 2.52 bits per heavy atom. The van der Waals surface area contributed by atoms with Gasteiger partial charge in [0.2, 0.25) is 0 Å². The van der Waals surface area contributed by atoms with E-state index < -0.39 is 0 Å². The summed E-state index contributed by atoms with van der Waals surface area (Å²) >= 11 is 0. The summed E-state index contributed by atoms with van der Waals surface area (Å²) in [5, 5.41) is 7.02. The van der Waals surface area contributed by atoms with Gasteiger partial charge in [0.15, 0.2) is 0 Å². The smallest absolute Gasteiger partial charge is 0.127 e. The molecule has 0 amide bonds. The van der Waals surface area contributed by atoms with Gasteiger partial charge in [-0.05, 0) is 55.8 Å². The van der Waals surface area contributed by atoms with Gasteiger partial charge in [-0.1, -0.05) is 30.3 Å². The molecule has 0 bridgehead atoms. The Hall–Kier alpha value is -1.84. The van der Waals surface area contributed by atoms with Crippen LogP contribution in [0.25, 0.3) is 0 Å². The van der Waals surface area contributed by atoms with Crippen LogP contribution in [0.5, 0.6) is 11.5 Å². The number of benzene rings is 2. The third-order valence-electron chi connectivity index (χ3n) is 3.81. The summed E-state index contributed by atoms with van der Waals surface area (Å²) in [6.07, 6.45) is 2.42. The van der Waals surface area contributed by atoms with E-state index in [0.29, 0.717) is 6.04 Å². The molecule has 0 spiro atoms. The third-order valence-corrected chi connectivity index (χ3v) is 3.81. The summed E-state index contributed by atoms with van der Waals surface area (Å²) in [4.78, 5) is 0. The normalized spacial score (nSPS) is 15.8. The SMILES string of the molecule is c1ccc(Oc2cccc(CNC3CCNCC3)c2)cc1. The molecule has 1 aliphatic rings. The van der Waals surface area contributed by atoms with E-state index in [9.17, 15) is 0 Å². The summed E-state index contributed by atoms with van der Waals surface area (Å²) < 4.78 is 5.87. The third kappa shape index (κ3) is 4.31. The minimum Gasteiger partial charge on any atom is -0.457 e. The molecule has 1 heterocycles. The molecule has 2 N–H and O–H groups in total. The van der Waals surface area contributed by atoms with Crippen molar-refractivity contribution in [3.8, 4) is 11.5 Å². The van der Waals surface area contributed by atoms with E-state index in [1.54, 1.807) is 0 Å². The number of nitrogens with one attached hydrogen (secondary N) is 2. The number of rotatable bonds is 5. The zero-order valence-corrected chi connectivity index (χ0v) is 12.2. The lowest BCUT2D eigenvalue weighted by Crippen LogP contribution is -2.39. The first-order valence-electron chi connectivity index (χ1n) is 7.66. The molecule has 3 heteroatoms. The predicted molar refractivity (Wildman–Crippen MR) is 85.7 cm³/mol. The lowest BCUT2D eigenvalue weighted by molar-refractivity contribution is 0.386. The molecule has 2 aromatic rings. The first-order chi connectivity index (χ1) is 10.4. The van der Waals surface area contributed by atoms with Gasteiger partial charge in [-0.3, -0.25) is 0 Å². The molecule has 2 aromatic carbocycles. The van der Waals surface area contributed by atoms with Crippen LogP contribution in [0, 0.1) is 0 Å². The van der Waals surface area contributed by atoms with E-state index in [0.717, 1.165) is 31.1 Å². The van der Waals surface area contributed by atoms with Crippen LogP contribution in [-0.2, 0) is 6.54 Å². The minimum absolute atomic E-state index is 0.630. The molecule has 3 nitrogen and oxygen atoms in total. The molecule has 1 fully saturated rings. The van der Waals surface area contributed by atoms with Crippen molar-refractivity contribution in [2.75, 3.05) is 13.1 Å². The summed E-state index contributed by atoms with van der Waals surface area (Å²) in [7, 11) is 0.